The molecule has 0 N–H and O–H groups in total. The maximum atomic E-state index is 14.0. The van der Waals surface area contributed by atoms with E-state index in [4.69, 9.17) is 4.74 Å². The molecule has 0 saturated carbocycles. The van der Waals surface area contributed by atoms with Crippen LogP contribution in [0.3, 0.4) is 0 Å². The summed E-state index contributed by atoms with van der Waals surface area (Å²) in [5, 5.41) is 0. The summed E-state index contributed by atoms with van der Waals surface area (Å²) < 4.78 is 23.7. The molecule has 0 spiro atoms. The van der Waals surface area contributed by atoms with Crippen LogP contribution in [0.15, 0.2) is 42.5 Å². The lowest BCUT2D eigenvalue weighted by atomic mass is 10.0. The Morgan fingerprint density at radius 1 is 1.11 bits per heavy atom. The van der Waals surface area contributed by atoms with E-state index in [-0.39, 0.29) is 11.3 Å². The molecular formula is C15H13FO3. The Balaban J connectivity index is 2.60. The Morgan fingerprint density at radius 2 is 1.79 bits per heavy atom. The number of esters is 1. The number of ether oxygens (including phenoxy) is 2. The molecule has 2 aromatic rings. The number of carbonyl (C=O) groups excluding carboxylic acids is 1. The Kier molecular flexibility index (Phi) is 3.80. The van der Waals surface area contributed by atoms with Crippen LogP contribution in [0.5, 0.6) is 5.75 Å². The predicted molar refractivity (Wildman–Crippen MR) is 69.7 cm³/mol. The van der Waals surface area contributed by atoms with Crippen molar-refractivity contribution in [1.82, 2.24) is 0 Å². The number of halogens is 1. The number of hydrogen-bond acceptors (Lipinski definition) is 3. The molecule has 0 aromatic heterocycles. The van der Waals surface area contributed by atoms with Crippen molar-refractivity contribution in [2.45, 2.75) is 0 Å². The monoisotopic (exact) mass is 260 g/mol. The van der Waals surface area contributed by atoms with Gasteiger partial charge in [-0.15, -0.1) is 0 Å². The van der Waals surface area contributed by atoms with Gasteiger partial charge in [0, 0.05) is 11.6 Å². The average Bonchev–Trinajstić information content (AvgIpc) is 2.47. The van der Waals surface area contributed by atoms with Crippen LogP contribution in [0.1, 0.15) is 10.4 Å². The van der Waals surface area contributed by atoms with E-state index in [9.17, 15) is 9.18 Å². The molecule has 2 aromatic carbocycles. The summed E-state index contributed by atoms with van der Waals surface area (Å²) in [6.45, 7) is 0. The third-order valence-electron chi connectivity index (χ3n) is 2.78. The van der Waals surface area contributed by atoms with Crippen LogP contribution >= 0.6 is 0 Å². The molecule has 0 aliphatic heterocycles. The van der Waals surface area contributed by atoms with Gasteiger partial charge in [-0.3, -0.25) is 0 Å². The number of benzene rings is 2. The van der Waals surface area contributed by atoms with Gasteiger partial charge in [-0.2, -0.15) is 0 Å². The maximum absolute atomic E-state index is 14.0. The van der Waals surface area contributed by atoms with Crippen LogP contribution in [0, 0.1) is 5.82 Å². The molecule has 0 bridgehead atoms. The molecule has 98 valence electrons. The molecule has 0 unspecified atom stereocenters. The molecule has 0 atom stereocenters. The van der Waals surface area contributed by atoms with Gasteiger partial charge < -0.3 is 9.47 Å². The van der Waals surface area contributed by atoms with E-state index in [0.717, 1.165) is 0 Å². The van der Waals surface area contributed by atoms with E-state index in [1.165, 1.54) is 26.4 Å². The van der Waals surface area contributed by atoms with Gasteiger partial charge in [-0.05, 0) is 11.6 Å². The molecule has 19 heavy (non-hydrogen) atoms. The van der Waals surface area contributed by atoms with E-state index >= 15 is 0 Å². The fourth-order valence-electron chi connectivity index (χ4n) is 1.83. The van der Waals surface area contributed by atoms with E-state index in [1.54, 1.807) is 24.3 Å². The first-order valence-electron chi connectivity index (χ1n) is 5.68. The molecular weight excluding hydrogens is 247 g/mol. The summed E-state index contributed by atoms with van der Waals surface area (Å²) in [5.41, 5.74) is 1.22. The quantitative estimate of drug-likeness (QED) is 0.794. The fourth-order valence-corrected chi connectivity index (χ4v) is 1.83. The number of carbonyl (C=O) groups is 1. The predicted octanol–water partition coefficient (Wildman–Crippen LogP) is 3.29. The lowest BCUT2D eigenvalue weighted by molar-refractivity contribution is 0.0597. The number of hydrogen-bond donors (Lipinski definition) is 0. The molecule has 0 radical (unpaired) electrons. The van der Waals surface area contributed by atoms with Gasteiger partial charge in [-0.1, -0.05) is 30.3 Å². The summed E-state index contributed by atoms with van der Waals surface area (Å²) >= 11 is 0. The molecule has 4 heteroatoms. The van der Waals surface area contributed by atoms with Crippen molar-refractivity contribution in [2.75, 3.05) is 14.2 Å². The Morgan fingerprint density at radius 3 is 2.37 bits per heavy atom. The largest absolute Gasteiger partial charge is 0.496 e. The lowest BCUT2D eigenvalue weighted by Gasteiger charge is -2.10. The van der Waals surface area contributed by atoms with E-state index < -0.39 is 11.8 Å². The first-order chi connectivity index (χ1) is 9.17. The van der Waals surface area contributed by atoms with E-state index in [1.807, 2.05) is 6.07 Å². The SMILES string of the molecule is COC(=O)c1cc(-c2ccccc2)c(F)cc1OC. The van der Waals surface area contributed by atoms with Crippen LogP contribution in [-0.4, -0.2) is 20.2 Å². The topological polar surface area (TPSA) is 35.5 Å². The maximum Gasteiger partial charge on any atom is 0.341 e. The standard InChI is InChI=1S/C15H13FO3/c1-18-14-9-13(16)11(8-12(14)15(17)19-2)10-6-4-3-5-7-10/h3-9H,1-2H3. The molecule has 0 heterocycles. The third kappa shape index (κ3) is 2.57. The minimum Gasteiger partial charge on any atom is -0.496 e. The summed E-state index contributed by atoms with van der Waals surface area (Å²) in [4.78, 5) is 11.7. The van der Waals surface area contributed by atoms with Crippen molar-refractivity contribution in [3.8, 4) is 16.9 Å². The first-order valence-corrected chi connectivity index (χ1v) is 5.68. The van der Waals surface area contributed by atoms with Gasteiger partial charge in [0.05, 0.1) is 14.2 Å². The second-order valence-electron chi connectivity index (χ2n) is 3.89. The van der Waals surface area contributed by atoms with Gasteiger partial charge in [0.2, 0.25) is 0 Å². The highest BCUT2D eigenvalue weighted by Gasteiger charge is 2.17. The number of methoxy groups -OCH3 is 2. The molecule has 0 fully saturated rings. The van der Waals surface area contributed by atoms with Crippen LogP contribution < -0.4 is 4.74 Å². The van der Waals surface area contributed by atoms with Crippen molar-refractivity contribution in [2.24, 2.45) is 0 Å². The third-order valence-corrected chi connectivity index (χ3v) is 2.78. The highest BCUT2D eigenvalue weighted by atomic mass is 19.1. The highest BCUT2D eigenvalue weighted by Crippen LogP contribution is 2.30. The minimum atomic E-state index is -0.561. The van der Waals surface area contributed by atoms with Crippen LogP contribution in [0.25, 0.3) is 11.1 Å². The van der Waals surface area contributed by atoms with Crippen LogP contribution in [0.4, 0.5) is 4.39 Å². The molecule has 0 aliphatic rings. The van der Waals surface area contributed by atoms with Gasteiger partial charge in [0.1, 0.15) is 17.1 Å². The van der Waals surface area contributed by atoms with Gasteiger partial charge in [0.25, 0.3) is 0 Å². The summed E-state index contributed by atoms with van der Waals surface area (Å²) in [6.07, 6.45) is 0. The minimum absolute atomic E-state index is 0.157. The Hall–Kier alpha value is -2.36. The van der Waals surface area contributed by atoms with E-state index in [2.05, 4.69) is 4.74 Å². The first kappa shape index (κ1) is 13.1. The molecule has 0 amide bonds. The average molecular weight is 260 g/mol. The van der Waals surface area contributed by atoms with Crippen LogP contribution in [0.2, 0.25) is 0 Å². The van der Waals surface area contributed by atoms with Crippen molar-refractivity contribution < 1.29 is 18.7 Å². The Labute approximate surface area is 110 Å². The second-order valence-corrected chi connectivity index (χ2v) is 3.89. The van der Waals surface area contributed by atoms with Crippen LogP contribution in [-0.2, 0) is 4.74 Å². The zero-order valence-electron chi connectivity index (χ0n) is 10.6. The lowest BCUT2D eigenvalue weighted by Crippen LogP contribution is -2.05. The van der Waals surface area contributed by atoms with Gasteiger partial charge in [0.15, 0.2) is 0 Å². The van der Waals surface area contributed by atoms with Crippen molar-refractivity contribution in [3.63, 3.8) is 0 Å². The second kappa shape index (κ2) is 5.52. The highest BCUT2D eigenvalue weighted by molar-refractivity contribution is 5.94. The fraction of sp³-hybridized carbons (Fsp3) is 0.133. The van der Waals surface area contributed by atoms with Gasteiger partial charge in [-0.25, -0.2) is 9.18 Å². The van der Waals surface area contributed by atoms with Crippen molar-refractivity contribution in [3.05, 3.63) is 53.8 Å². The molecule has 0 aliphatic carbocycles. The Bertz CT molecular complexity index is 594. The zero-order chi connectivity index (χ0) is 13.8. The van der Waals surface area contributed by atoms with Gasteiger partial charge >= 0.3 is 5.97 Å². The van der Waals surface area contributed by atoms with Crippen molar-refractivity contribution in [1.29, 1.82) is 0 Å². The van der Waals surface area contributed by atoms with E-state index in [0.29, 0.717) is 11.1 Å². The molecule has 0 saturated heterocycles. The smallest absolute Gasteiger partial charge is 0.341 e. The summed E-state index contributed by atoms with van der Waals surface area (Å²) in [5.74, 6) is -0.853. The normalized spacial score (nSPS) is 10.1. The molecule has 3 nitrogen and oxygen atoms in total. The van der Waals surface area contributed by atoms with Crippen molar-refractivity contribution >= 4 is 5.97 Å². The summed E-state index contributed by atoms with van der Waals surface area (Å²) in [6, 6.07) is 11.6. The number of rotatable bonds is 3. The summed E-state index contributed by atoms with van der Waals surface area (Å²) in [7, 11) is 2.65. The molecule has 2 rings (SSSR count). The zero-order valence-corrected chi connectivity index (χ0v) is 10.6.